The minimum atomic E-state index is -1.10. The number of carbonyl (C=O) groups excluding carboxylic acids is 5. The summed E-state index contributed by atoms with van der Waals surface area (Å²) in [4.78, 5) is 68.2. The number of primary amides is 1. The van der Waals surface area contributed by atoms with Crippen LogP contribution in [0.4, 0.5) is 9.93 Å². The molecule has 1 saturated heterocycles. The molecule has 5 N–H and O–H groups in total. The Balaban J connectivity index is 1.82. The van der Waals surface area contributed by atoms with Crippen LogP contribution in [-0.4, -0.2) is 70.1 Å². The quantitative estimate of drug-likeness (QED) is 0.126. The Labute approximate surface area is 233 Å². The number of ether oxygens (including phenoxy) is 3. The van der Waals surface area contributed by atoms with E-state index in [4.69, 9.17) is 37.9 Å². The van der Waals surface area contributed by atoms with Gasteiger partial charge in [0.15, 0.2) is 5.13 Å². The second-order valence-electron chi connectivity index (χ2n) is 9.64. The molecule has 1 aromatic heterocycles. The number of aromatic nitrogens is 1. The van der Waals surface area contributed by atoms with Crippen LogP contribution >= 0.6 is 23.6 Å². The SMILES string of the molecule is CC/C=C(\C(=O)N[C@H]1C(=O)N2C(C(=O)OCOC(=O)C(C)(C)C)=C(COC(N)=O)CC(=S)[C@@H]12)c1csc(N)n1. The van der Waals surface area contributed by atoms with Crippen molar-refractivity contribution in [1.82, 2.24) is 15.2 Å². The number of allylic oxidation sites excluding steroid dienone is 1. The molecule has 0 radical (unpaired) electrons. The number of carbonyl (C=O) groups is 5. The van der Waals surface area contributed by atoms with E-state index < -0.39 is 60.7 Å². The lowest BCUT2D eigenvalue weighted by Gasteiger charge is -2.50. The Morgan fingerprint density at radius 3 is 2.51 bits per heavy atom. The molecule has 2 aliphatic heterocycles. The molecular formula is C24H29N5O8S2. The summed E-state index contributed by atoms with van der Waals surface area (Å²) in [5, 5.41) is 4.59. The maximum atomic E-state index is 13.2. The van der Waals surface area contributed by atoms with Crippen molar-refractivity contribution in [3.05, 3.63) is 28.4 Å². The summed E-state index contributed by atoms with van der Waals surface area (Å²) in [7, 11) is 0. The normalized spacial score (nSPS) is 19.2. The largest absolute Gasteiger partial charge is 0.445 e. The summed E-state index contributed by atoms with van der Waals surface area (Å²) in [5.41, 5.74) is 10.5. The molecule has 39 heavy (non-hydrogen) atoms. The van der Waals surface area contributed by atoms with Crippen molar-refractivity contribution >= 4 is 69.0 Å². The third kappa shape index (κ3) is 6.60. The number of amides is 3. The van der Waals surface area contributed by atoms with Crippen LogP contribution in [-0.2, 0) is 33.4 Å². The van der Waals surface area contributed by atoms with Gasteiger partial charge in [0.2, 0.25) is 6.79 Å². The molecule has 0 saturated carbocycles. The molecule has 1 aromatic rings. The average molecular weight is 580 g/mol. The highest BCUT2D eigenvalue weighted by Gasteiger charge is 2.56. The summed E-state index contributed by atoms with van der Waals surface area (Å²) >= 11 is 6.67. The van der Waals surface area contributed by atoms with Crippen LogP contribution in [0.5, 0.6) is 0 Å². The monoisotopic (exact) mass is 579 g/mol. The second kappa shape index (κ2) is 11.9. The van der Waals surface area contributed by atoms with Crippen LogP contribution in [0, 0.1) is 5.41 Å². The molecule has 0 spiro atoms. The molecule has 15 heteroatoms. The highest BCUT2D eigenvalue weighted by molar-refractivity contribution is 7.80. The summed E-state index contributed by atoms with van der Waals surface area (Å²) in [5.74, 6) is -2.81. The number of nitrogens with one attached hydrogen (secondary N) is 1. The van der Waals surface area contributed by atoms with Crippen molar-refractivity contribution in [3.8, 4) is 0 Å². The van der Waals surface area contributed by atoms with Gasteiger partial charge in [-0.05, 0) is 27.2 Å². The maximum Gasteiger partial charge on any atom is 0.404 e. The van der Waals surface area contributed by atoms with E-state index >= 15 is 0 Å². The van der Waals surface area contributed by atoms with Gasteiger partial charge in [-0.2, -0.15) is 0 Å². The summed E-state index contributed by atoms with van der Waals surface area (Å²) in [6.07, 6.45) is 1.07. The third-order valence-electron chi connectivity index (χ3n) is 5.70. The van der Waals surface area contributed by atoms with Gasteiger partial charge in [-0.3, -0.25) is 19.3 Å². The maximum absolute atomic E-state index is 13.2. The smallest absolute Gasteiger partial charge is 0.404 e. The van der Waals surface area contributed by atoms with Gasteiger partial charge in [0, 0.05) is 22.2 Å². The van der Waals surface area contributed by atoms with Crippen LogP contribution in [0.2, 0.25) is 0 Å². The van der Waals surface area contributed by atoms with Gasteiger partial charge in [-0.1, -0.05) is 25.2 Å². The van der Waals surface area contributed by atoms with Gasteiger partial charge >= 0.3 is 18.0 Å². The van der Waals surface area contributed by atoms with Crippen LogP contribution in [0.3, 0.4) is 0 Å². The molecule has 210 valence electrons. The van der Waals surface area contributed by atoms with Crippen molar-refractivity contribution in [2.45, 2.75) is 52.6 Å². The third-order valence-corrected chi connectivity index (χ3v) is 6.76. The Kier molecular flexibility index (Phi) is 9.07. The number of nitrogens with two attached hydrogens (primary N) is 2. The first-order valence-corrected chi connectivity index (χ1v) is 13.1. The molecular weight excluding hydrogens is 550 g/mol. The Morgan fingerprint density at radius 1 is 1.26 bits per heavy atom. The minimum Gasteiger partial charge on any atom is -0.445 e. The number of thiazole rings is 1. The van der Waals surface area contributed by atoms with Crippen LogP contribution in [0.1, 0.15) is 46.2 Å². The van der Waals surface area contributed by atoms with Crippen molar-refractivity contribution in [1.29, 1.82) is 0 Å². The Bertz CT molecular complexity index is 1280. The lowest BCUT2D eigenvalue weighted by Crippen LogP contribution is -2.74. The van der Waals surface area contributed by atoms with E-state index in [2.05, 4.69) is 10.3 Å². The first-order valence-electron chi connectivity index (χ1n) is 11.8. The van der Waals surface area contributed by atoms with E-state index in [1.165, 1.54) is 11.3 Å². The predicted molar refractivity (Wildman–Crippen MR) is 144 cm³/mol. The second-order valence-corrected chi connectivity index (χ2v) is 11.0. The van der Waals surface area contributed by atoms with E-state index in [9.17, 15) is 24.0 Å². The van der Waals surface area contributed by atoms with Gasteiger partial charge in [-0.15, -0.1) is 11.3 Å². The number of β-lactam (4-membered cyclic amide) rings is 1. The topological polar surface area (TPSA) is 193 Å². The number of esters is 2. The fourth-order valence-corrected chi connectivity index (χ4v) is 4.85. The molecule has 3 amide bonds. The Hall–Kier alpha value is -3.85. The van der Waals surface area contributed by atoms with Gasteiger partial charge in [0.05, 0.1) is 22.7 Å². The van der Waals surface area contributed by atoms with E-state index in [1.807, 2.05) is 6.92 Å². The van der Waals surface area contributed by atoms with Crippen molar-refractivity contribution in [3.63, 3.8) is 0 Å². The molecule has 0 bridgehead atoms. The molecule has 2 aliphatic rings. The predicted octanol–water partition coefficient (Wildman–Crippen LogP) is 1.43. The van der Waals surface area contributed by atoms with Crippen molar-refractivity contribution in [2.75, 3.05) is 19.1 Å². The average Bonchev–Trinajstić information content (AvgIpc) is 3.28. The Morgan fingerprint density at radius 2 is 1.95 bits per heavy atom. The lowest BCUT2D eigenvalue weighted by atomic mass is 9.83. The zero-order chi connectivity index (χ0) is 29.1. The standard InChI is InChI=1S/C24H29N5O8S2/c1-5-6-12(13-9-39-22(25)27-13)18(30)28-15-17-14(38)7-11(8-35-23(26)34)16(29(17)19(15)31)20(32)36-10-37-21(33)24(2,3)4/h6,9,15,17H,5,7-8,10H2,1-4H3,(H2,25,27)(H2,26,34)(H,28,30)/b12-6-/t15-,17+/m1/s1. The van der Waals surface area contributed by atoms with Gasteiger partial charge in [0.25, 0.3) is 11.8 Å². The number of anilines is 1. The van der Waals surface area contributed by atoms with Gasteiger partial charge in [0.1, 0.15) is 18.3 Å². The highest BCUT2D eigenvalue weighted by atomic mass is 32.1. The summed E-state index contributed by atoms with van der Waals surface area (Å²) in [6, 6.07) is -1.92. The molecule has 2 atom stereocenters. The molecule has 3 rings (SSSR count). The van der Waals surface area contributed by atoms with Crippen LogP contribution in [0.25, 0.3) is 5.57 Å². The number of rotatable bonds is 9. The first-order chi connectivity index (χ1) is 18.3. The number of hydrogen-bond donors (Lipinski definition) is 3. The van der Waals surface area contributed by atoms with Crippen LogP contribution in [0.15, 0.2) is 22.7 Å². The van der Waals surface area contributed by atoms with Crippen LogP contribution < -0.4 is 16.8 Å². The number of nitrogen functional groups attached to an aromatic ring is 1. The lowest BCUT2D eigenvalue weighted by molar-refractivity contribution is -0.173. The zero-order valence-electron chi connectivity index (χ0n) is 21.8. The molecule has 13 nitrogen and oxygen atoms in total. The number of fused-ring (bicyclic) bond motifs is 1. The fraction of sp³-hybridized carbons (Fsp3) is 0.458. The van der Waals surface area contributed by atoms with E-state index in [1.54, 1.807) is 32.2 Å². The number of hydrogen-bond acceptors (Lipinski definition) is 12. The molecule has 1 fully saturated rings. The van der Waals surface area contributed by atoms with Crippen molar-refractivity contribution in [2.24, 2.45) is 11.1 Å². The van der Waals surface area contributed by atoms with Crippen molar-refractivity contribution < 1.29 is 38.2 Å². The minimum absolute atomic E-state index is 0.0179. The van der Waals surface area contributed by atoms with E-state index in [0.717, 1.165) is 4.90 Å². The molecule has 0 aliphatic carbocycles. The summed E-state index contributed by atoms with van der Waals surface area (Å²) in [6.45, 7) is 5.59. The number of nitrogens with zero attached hydrogens (tertiary/aromatic N) is 2. The number of thiocarbonyl (C=S) groups is 1. The van der Waals surface area contributed by atoms with Gasteiger partial charge in [-0.25, -0.2) is 14.6 Å². The highest BCUT2D eigenvalue weighted by Crippen LogP contribution is 2.36. The van der Waals surface area contributed by atoms with E-state index in [0.29, 0.717) is 17.0 Å². The fourth-order valence-electron chi connectivity index (χ4n) is 3.87. The molecule has 0 aromatic carbocycles. The molecule has 0 unspecified atom stereocenters. The summed E-state index contributed by atoms with van der Waals surface area (Å²) < 4.78 is 14.9. The van der Waals surface area contributed by atoms with E-state index in [-0.39, 0.29) is 28.4 Å². The first kappa shape index (κ1) is 29.7. The zero-order valence-corrected chi connectivity index (χ0v) is 23.4. The van der Waals surface area contributed by atoms with Gasteiger partial charge < -0.3 is 31.0 Å². The molecule has 3 heterocycles.